The highest BCUT2D eigenvalue weighted by Crippen LogP contribution is 2.60. The van der Waals surface area contributed by atoms with Crippen LogP contribution < -0.4 is 9.47 Å². The van der Waals surface area contributed by atoms with Crippen molar-refractivity contribution in [3.8, 4) is 11.5 Å². The maximum Gasteiger partial charge on any atom is 0.315 e. The summed E-state index contributed by atoms with van der Waals surface area (Å²) in [7, 11) is 1.61. The number of carbonyl (C=O) groups is 1. The summed E-state index contributed by atoms with van der Waals surface area (Å²) in [5.41, 5.74) is 0.985. The van der Waals surface area contributed by atoms with Crippen LogP contribution >= 0.6 is 0 Å². The maximum absolute atomic E-state index is 12.6. The van der Waals surface area contributed by atoms with Gasteiger partial charge in [0.1, 0.15) is 11.5 Å². The Bertz CT molecular complexity index is 626. The van der Waals surface area contributed by atoms with Gasteiger partial charge in [0.15, 0.2) is 0 Å². The Balaban J connectivity index is 1.75. The van der Waals surface area contributed by atoms with Crippen LogP contribution in [-0.2, 0) is 4.79 Å². The first-order valence-corrected chi connectivity index (χ1v) is 8.12. The van der Waals surface area contributed by atoms with E-state index in [9.17, 15) is 9.90 Å². The lowest BCUT2D eigenvalue weighted by molar-refractivity contribution is -0.149. The number of aliphatic hydroxyl groups excluding tert-OH is 1. The zero-order chi connectivity index (χ0) is 15.5. The smallest absolute Gasteiger partial charge is 0.315 e. The van der Waals surface area contributed by atoms with Crippen LogP contribution in [0, 0.1) is 17.3 Å². The molecule has 2 fully saturated rings. The molecule has 2 aliphatic carbocycles. The maximum atomic E-state index is 12.6. The van der Waals surface area contributed by atoms with Gasteiger partial charge in [0.25, 0.3) is 0 Å². The standard InChI is InChI=1S/C18H22O4/c1-18-8-7-12-11-4-3-10(21-2)9-14(11)22-17(20)16(12)13(18)5-6-15(18)19/h3-4,9,12-13,15-16,19H,5-8H2,1-2H3/t12?,13-,15-,16?,18-/m0/s1. The lowest BCUT2D eigenvalue weighted by Gasteiger charge is -2.48. The molecule has 1 heterocycles. The second-order valence-corrected chi connectivity index (χ2v) is 7.20. The van der Waals surface area contributed by atoms with Crippen molar-refractivity contribution in [2.75, 3.05) is 7.11 Å². The van der Waals surface area contributed by atoms with Gasteiger partial charge in [-0.25, -0.2) is 0 Å². The highest BCUT2D eigenvalue weighted by atomic mass is 16.5. The van der Waals surface area contributed by atoms with Crippen molar-refractivity contribution in [1.82, 2.24) is 0 Å². The number of hydrogen-bond donors (Lipinski definition) is 1. The molecule has 1 aromatic rings. The Morgan fingerprint density at radius 1 is 1.32 bits per heavy atom. The van der Waals surface area contributed by atoms with Gasteiger partial charge < -0.3 is 14.6 Å². The van der Waals surface area contributed by atoms with Gasteiger partial charge in [0.05, 0.1) is 19.1 Å². The molecule has 3 aliphatic rings. The fourth-order valence-electron chi connectivity index (χ4n) is 5.00. The van der Waals surface area contributed by atoms with Crippen LogP contribution in [0.5, 0.6) is 11.5 Å². The number of ether oxygens (including phenoxy) is 2. The molecule has 0 bridgehead atoms. The Kier molecular flexibility index (Phi) is 3.02. The molecular formula is C18H22O4. The van der Waals surface area contributed by atoms with Crippen LogP contribution in [-0.4, -0.2) is 24.3 Å². The van der Waals surface area contributed by atoms with E-state index in [4.69, 9.17) is 9.47 Å². The fourth-order valence-corrected chi connectivity index (χ4v) is 5.00. The van der Waals surface area contributed by atoms with Crippen molar-refractivity contribution in [2.45, 2.75) is 44.6 Å². The van der Waals surface area contributed by atoms with Gasteiger partial charge in [-0.15, -0.1) is 0 Å². The minimum atomic E-state index is -0.288. The zero-order valence-corrected chi connectivity index (χ0v) is 13.0. The topological polar surface area (TPSA) is 55.8 Å². The number of methoxy groups -OCH3 is 1. The second kappa shape index (κ2) is 4.72. The van der Waals surface area contributed by atoms with Gasteiger partial charge in [0.2, 0.25) is 0 Å². The summed E-state index contributed by atoms with van der Waals surface area (Å²) in [5.74, 6) is 1.55. The van der Waals surface area contributed by atoms with Crippen LogP contribution in [0.2, 0.25) is 0 Å². The Hall–Kier alpha value is -1.55. The molecule has 0 radical (unpaired) electrons. The molecule has 1 N–H and O–H groups in total. The Morgan fingerprint density at radius 2 is 2.14 bits per heavy atom. The fraction of sp³-hybridized carbons (Fsp3) is 0.611. The SMILES string of the molecule is COc1ccc2c(c1)OC(=O)C1C2CC[C@]2(C)[C@@H](O)CC[C@@H]12. The predicted octanol–water partition coefficient (Wildman–Crippen LogP) is 2.89. The van der Waals surface area contributed by atoms with Crippen LogP contribution in [0.15, 0.2) is 18.2 Å². The molecule has 0 spiro atoms. The normalized spacial score (nSPS) is 39.5. The van der Waals surface area contributed by atoms with Crippen molar-refractivity contribution < 1.29 is 19.4 Å². The Morgan fingerprint density at radius 3 is 2.91 bits per heavy atom. The largest absolute Gasteiger partial charge is 0.497 e. The molecule has 4 nitrogen and oxygen atoms in total. The third-order valence-corrected chi connectivity index (χ3v) is 6.32. The average molecular weight is 302 g/mol. The molecule has 1 aromatic carbocycles. The minimum Gasteiger partial charge on any atom is -0.497 e. The van der Waals surface area contributed by atoms with E-state index in [2.05, 4.69) is 6.92 Å². The molecule has 5 atom stereocenters. The van der Waals surface area contributed by atoms with Crippen molar-refractivity contribution in [2.24, 2.45) is 17.3 Å². The summed E-state index contributed by atoms with van der Waals surface area (Å²) in [6.07, 6.45) is 3.33. The highest BCUT2D eigenvalue weighted by molar-refractivity contribution is 5.80. The number of hydrogen-bond acceptors (Lipinski definition) is 4. The molecule has 118 valence electrons. The number of esters is 1. The van der Waals surface area contributed by atoms with E-state index < -0.39 is 0 Å². The molecule has 1 aliphatic heterocycles. The lowest BCUT2D eigenvalue weighted by atomic mass is 9.58. The number of benzene rings is 1. The predicted molar refractivity (Wildman–Crippen MR) is 80.9 cm³/mol. The summed E-state index contributed by atoms with van der Waals surface area (Å²) in [5, 5.41) is 10.4. The molecule has 2 saturated carbocycles. The number of aliphatic hydroxyl groups is 1. The Labute approximate surface area is 130 Å². The monoisotopic (exact) mass is 302 g/mol. The van der Waals surface area contributed by atoms with Crippen molar-refractivity contribution in [1.29, 1.82) is 0 Å². The van der Waals surface area contributed by atoms with E-state index in [1.807, 2.05) is 12.1 Å². The number of carbonyl (C=O) groups excluding carboxylic acids is 1. The third-order valence-electron chi connectivity index (χ3n) is 6.32. The first-order chi connectivity index (χ1) is 10.5. The average Bonchev–Trinajstić information content (AvgIpc) is 2.82. The molecule has 22 heavy (non-hydrogen) atoms. The van der Waals surface area contributed by atoms with Crippen molar-refractivity contribution >= 4 is 5.97 Å². The number of fused-ring (bicyclic) bond motifs is 5. The van der Waals surface area contributed by atoms with Crippen LogP contribution in [0.4, 0.5) is 0 Å². The van der Waals surface area contributed by atoms with Crippen LogP contribution in [0.25, 0.3) is 0 Å². The van der Waals surface area contributed by atoms with E-state index >= 15 is 0 Å². The molecule has 2 unspecified atom stereocenters. The molecule has 4 heteroatoms. The molecule has 0 aromatic heterocycles. The van der Waals surface area contributed by atoms with Crippen molar-refractivity contribution in [3.05, 3.63) is 23.8 Å². The summed E-state index contributed by atoms with van der Waals surface area (Å²) in [4.78, 5) is 12.6. The zero-order valence-electron chi connectivity index (χ0n) is 13.0. The van der Waals surface area contributed by atoms with Crippen molar-refractivity contribution in [3.63, 3.8) is 0 Å². The highest BCUT2D eigenvalue weighted by Gasteiger charge is 2.57. The van der Waals surface area contributed by atoms with Gasteiger partial charge >= 0.3 is 5.97 Å². The summed E-state index contributed by atoms with van der Waals surface area (Å²) >= 11 is 0. The van der Waals surface area contributed by atoms with E-state index in [0.29, 0.717) is 11.5 Å². The van der Waals surface area contributed by atoms with Gasteiger partial charge in [-0.1, -0.05) is 13.0 Å². The quantitative estimate of drug-likeness (QED) is 0.640. The van der Waals surface area contributed by atoms with E-state index in [1.165, 1.54) is 0 Å². The van der Waals surface area contributed by atoms with Gasteiger partial charge in [-0.2, -0.15) is 0 Å². The number of rotatable bonds is 1. The molecule has 0 saturated heterocycles. The van der Waals surface area contributed by atoms with Crippen LogP contribution in [0.3, 0.4) is 0 Å². The lowest BCUT2D eigenvalue weighted by Crippen LogP contribution is -2.48. The van der Waals surface area contributed by atoms with Gasteiger partial charge in [-0.05, 0) is 48.6 Å². The second-order valence-electron chi connectivity index (χ2n) is 7.20. The van der Waals surface area contributed by atoms with Gasteiger partial charge in [-0.3, -0.25) is 4.79 Å². The summed E-state index contributed by atoms with van der Waals surface area (Å²) in [6, 6.07) is 5.78. The first-order valence-electron chi connectivity index (χ1n) is 8.12. The van der Waals surface area contributed by atoms with E-state index in [0.717, 1.165) is 31.2 Å². The van der Waals surface area contributed by atoms with Gasteiger partial charge in [0, 0.05) is 12.0 Å². The third kappa shape index (κ3) is 1.76. The summed E-state index contributed by atoms with van der Waals surface area (Å²) in [6.45, 7) is 2.14. The molecule has 4 rings (SSSR count). The minimum absolute atomic E-state index is 0.114. The van der Waals surface area contributed by atoms with E-state index in [1.54, 1.807) is 13.2 Å². The first kappa shape index (κ1) is 14.1. The molecule has 0 amide bonds. The van der Waals surface area contributed by atoms with Crippen LogP contribution in [0.1, 0.15) is 44.1 Å². The molecular weight excluding hydrogens is 280 g/mol. The summed E-state index contributed by atoms with van der Waals surface area (Å²) < 4.78 is 10.9. The van der Waals surface area contributed by atoms with E-state index in [-0.39, 0.29) is 35.2 Å².